The van der Waals surface area contributed by atoms with Crippen molar-refractivity contribution in [2.45, 2.75) is 85.0 Å². The molecule has 0 bridgehead atoms. The van der Waals surface area contributed by atoms with Crippen LogP contribution in [0.25, 0.3) is 0 Å². The summed E-state index contributed by atoms with van der Waals surface area (Å²) >= 11 is 0. The highest BCUT2D eigenvalue weighted by Crippen LogP contribution is 2.23. The van der Waals surface area contributed by atoms with Crippen molar-refractivity contribution in [2.75, 3.05) is 0 Å². The molecule has 0 aromatic rings. The Morgan fingerprint density at radius 3 is 2.30 bits per heavy atom. The molecule has 0 aliphatic heterocycles. The van der Waals surface area contributed by atoms with Gasteiger partial charge in [0.15, 0.2) is 0 Å². The molecule has 0 spiro atoms. The van der Waals surface area contributed by atoms with E-state index in [4.69, 9.17) is 0 Å². The van der Waals surface area contributed by atoms with E-state index < -0.39 is 0 Å². The molecule has 0 aromatic carbocycles. The van der Waals surface area contributed by atoms with Gasteiger partial charge < -0.3 is 0 Å². The maximum atomic E-state index is 3.85. The molecule has 0 radical (unpaired) electrons. The highest BCUT2D eigenvalue weighted by molar-refractivity contribution is 5.03. The molecule has 2 unspecified atom stereocenters. The molecular weight excluding hydrogens is 276 g/mol. The number of hydrogen-bond acceptors (Lipinski definition) is 0. The van der Waals surface area contributed by atoms with Crippen LogP contribution in [0.15, 0.2) is 49.1 Å². The van der Waals surface area contributed by atoms with Crippen LogP contribution in [0.2, 0.25) is 0 Å². The minimum atomic E-state index is 0.756. The lowest BCUT2D eigenvalue weighted by Gasteiger charge is -2.15. The van der Waals surface area contributed by atoms with Crippen LogP contribution in [0.1, 0.15) is 85.0 Å². The summed E-state index contributed by atoms with van der Waals surface area (Å²) in [5, 5.41) is 0. The van der Waals surface area contributed by atoms with Gasteiger partial charge in [-0.15, -0.1) is 13.2 Å². The Bertz CT molecular complexity index is 345. The van der Waals surface area contributed by atoms with Crippen molar-refractivity contribution in [3.8, 4) is 0 Å². The van der Waals surface area contributed by atoms with Crippen molar-refractivity contribution in [3.63, 3.8) is 0 Å². The zero-order valence-corrected chi connectivity index (χ0v) is 16.0. The summed E-state index contributed by atoms with van der Waals surface area (Å²) in [5.74, 6) is 1.52. The lowest BCUT2D eigenvalue weighted by Crippen LogP contribution is -1.99. The van der Waals surface area contributed by atoms with Gasteiger partial charge in [-0.3, -0.25) is 0 Å². The molecular formula is C23H40. The van der Waals surface area contributed by atoms with E-state index in [1.165, 1.54) is 44.9 Å². The minimum absolute atomic E-state index is 0.756. The Kier molecular flexibility index (Phi) is 15.1. The fraction of sp³-hybridized carbons (Fsp3) is 0.652. The third kappa shape index (κ3) is 14.3. The van der Waals surface area contributed by atoms with Gasteiger partial charge in [-0.05, 0) is 76.0 Å². The van der Waals surface area contributed by atoms with E-state index >= 15 is 0 Å². The Morgan fingerprint density at radius 1 is 0.913 bits per heavy atom. The maximum Gasteiger partial charge on any atom is -0.0291 e. The molecule has 0 heteroatoms. The second kappa shape index (κ2) is 15.8. The van der Waals surface area contributed by atoms with Gasteiger partial charge in [-0.1, -0.05) is 56.7 Å². The third-order valence-corrected chi connectivity index (χ3v) is 4.36. The molecule has 132 valence electrons. The van der Waals surface area contributed by atoms with Gasteiger partial charge in [0.2, 0.25) is 0 Å². The topological polar surface area (TPSA) is 0 Å². The number of allylic oxidation sites excluding steroid dienone is 6. The first-order chi connectivity index (χ1) is 11.1. The van der Waals surface area contributed by atoms with Crippen molar-refractivity contribution in [1.82, 2.24) is 0 Å². The first-order valence-corrected chi connectivity index (χ1v) is 9.68. The van der Waals surface area contributed by atoms with Crippen LogP contribution in [0.5, 0.6) is 0 Å². The van der Waals surface area contributed by atoms with Gasteiger partial charge in [-0.25, -0.2) is 0 Å². The predicted octanol–water partition coefficient (Wildman–Crippen LogP) is 8.03. The zero-order valence-electron chi connectivity index (χ0n) is 16.0. The fourth-order valence-electron chi connectivity index (χ4n) is 2.94. The van der Waals surface area contributed by atoms with E-state index in [9.17, 15) is 0 Å². The standard InChI is InChI=1S/C23H40/c1-6-9-10-11-12-13-14-17-22(5)20-23(16-8-3)19-18-21(4)15-7-2/h6-7,13-14,16,21-22H,1-2,8-12,15,17-20H2,3-5H3. The van der Waals surface area contributed by atoms with Crippen molar-refractivity contribution in [2.24, 2.45) is 11.8 Å². The Hall–Kier alpha value is -1.04. The average Bonchev–Trinajstić information content (AvgIpc) is 2.52. The largest absolute Gasteiger partial charge is 0.103 e. The van der Waals surface area contributed by atoms with Crippen molar-refractivity contribution in [3.05, 3.63) is 49.1 Å². The van der Waals surface area contributed by atoms with Gasteiger partial charge in [-0.2, -0.15) is 0 Å². The smallest absolute Gasteiger partial charge is 0.0291 e. The summed E-state index contributed by atoms with van der Waals surface area (Å²) in [4.78, 5) is 0. The first-order valence-electron chi connectivity index (χ1n) is 9.68. The Labute approximate surface area is 146 Å². The molecule has 0 aromatic heterocycles. The molecule has 0 amide bonds. The normalized spacial score (nSPS) is 14.8. The minimum Gasteiger partial charge on any atom is -0.103 e. The molecule has 23 heavy (non-hydrogen) atoms. The van der Waals surface area contributed by atoms with Crippen LogP contribution in [0.3, 0.4) is 0 Å². The van der Waals surface area contributed by atoms with Crippen LogP contribution in [-0.2, 0) is 0 Å². The summed E-state index contributed by atoms with van der Waals surface area (Å²) in [6, 6.07) is 0. The molecule has 0 N–H and O–H groups in total. The highest BCUT2D eigenvalue weighted by atomic mass is 14.1. The number of rotatable bonds is 15. The SMILES string of the molecule is C=CCCCCC=CCC(C)CC(=CCC)CCC(C)CC=C. The molecule has 0 saturated carbocycles. The summed E-state index contributed by atoms with van der Waals surface area (Å²) in [5.41, 5.74) is 1.66. The van der Waals surface area contributed by atoms with E-state index in [0.29, 0.717) is 0 Å². The average molecular weight is 317 g/mol. The zero-order chi connectivity index (χ0) is 17.3. The third-order valence-electron chi connectivity index (χ3n) is 4.36. The molecule has 0 aliphatic rings. The fourth-order valence-corrected chi connectivity index (χ4v) is 2.94. The van der Waals surface area contributed by atoms with Gasteiger partial charge in [0, 0.05) is 0 Å². The van der Waals surface area contributed by atoms with E-state index in [1.807, 2.05) is 6.08 Å². The molecule has 0 aliphatic carbocycles. The molecule has 0 fully saturated rings. The highest BCUT2D eigenvalue weighted by Gasteiger charge is 2.07. The number of unbranched alkanes of at least 4 members (excludes halogenated alkanes) is 3. The van der Waals surface area contributed by atoms with Crippen LogP contribution in [-0.4, -0.2) is 0 Å². The molecule has 0 saturated heterocycles. The van der Waals surface area contributed by atoms with Crippen LogP contribution >= 0.6 is 0 Å². The maximum absolute atomic E-state index is 3.85. The quantitative estimate of drug-likeness (QED) is 0.212. The van der Waals surface area contributed by atoms with Crippen molar-refractivity contribution < 1.29 is 0 Å². The molecule has 0 rings (SSSR count). The Balaban J connectivity index is 4.02. The van der Waals surface area contributed by atoms with Gasteiger partial charge in [0.1, 0.15) is 0 Å². The van der Waals surface area contributed by atoms with E-state index in [1.54, 1.807) is 5.57 Å². The van der Waals surface area contributed by atoms with Crippen LogP contribution < -0.4 is 0 Å². The van der Waals surface area contributed by atoms with Gasteiger partial charge in [0.25, 0.3) is 0 Å². The van der Waals surface area contributed by atoms with E-state index in [0.717, 1.165) is 31.1 Å². The number of hydrogen-bond donors (Lipinski definition) is 0. The second-order valence-corrected chi connectivity index (χ2v) is 7.03. The second-order valence-electron chi connectivity index (χ2n) is 7.03. The molecule has 2 atom stereocenters. The lowest BCUT2D eigenvalue weighted by atomic mass is 9.91. The lowest BCUT2D eigenvalue weighted by molar-refractivity contribution is 0.511. The first kappa shape index (κ1) is 22.0. The Morgan fingerprint density at radius 2 is 1.65 bits per heavy atom. The van der Waals surface area contributed by atoms with E-state index in [2.05, 4.69) is 58.2 Å². The summed E-state index contributed by atoms with van der Waals surface area (Å²) < 4.78 is 0. The van der Waals surface area contributed by atoms with Crippen molar-refractivity contribution >= 4 is 0 Å². The summed E-state index contributed by atoms with van der Waals surface area (Å²) in [7, 11) is 0. The molecule has 0 heterocycles. The summed E-state index contributed by atoms with van der Waals surface area (Å²) in [6.45, 7) is 14.6. The van der Waals surface area contributed by atoms with Crippen molar-refractivity contribution in [1.29, 1.82) is 0 Å². The van der Waals surface area contributed by atoms with Crippen LogP contribution in [0.4, 0.5) is 0 Å². The van der Waals surface area contributed by atoms with Gasteiger partial charge >= 0.3 is 0 Å². The molecule has 0 nitrogen and oxygen atoms in total. The summed E-state index contributed by atoms with van der Waals surface area (Å²) in [6.07, 6.45) is 23.6. The van der Waals surface area contributed by atoms with Crippen LogP contribution in [0, 0.1) is 11.8 Å². The van der Waals surface area contributed by atoms with E-state index in [-0.39, 0.29) is 0 Å². The van der Waals surface area contributed by atoms with Gasteiger partial charge in [0.05, 0.1) is 0 Å². The predicted molar refractivity (Wildman–Crippen MR) is 108 cm³/mol. The monoisotopic (exact) mass is 316 g/mol.